The number of esters is 4. The number of rotatable bonds is 42. The van der Waals surface area contributed by atoms with Gasteiger partial charge in [0, 0.05) is 24.9 Å². The first-order valence-corrected chi connectivity index (χ1v) is 28.2. The van der Waals surface area contributed by atoms with Gasteiger partial charge in [0.15, 0.2) is 12.2 Å². The number of amides is 2. The monoisotopic (exact) mass is 1040 g/mol. The smallest absolute Gasteiger partial charge is 0.462 e. The topological polar surface area (TPSA) is 238 Å². The number of nitrogens with one attached hydrogen (secondary N) is 2. The largest absolute Gasteiger partial charge is 0.472 e. The van der Waals surface area contributed by atoms with Gasteiger partial charge in [-0.3, -0.25) is 28.2 Å². The third-order valence-electron chi connectivity index (χ3n) is 10.7. The van der Waals surface area contributed by atoms with E-state index in [0.717, 1.165) is 44.9 Å². The molecule has 5 atom stereocenters. The molecule has 0 rings (SSSR count). The fourth-order valence-corrected chi connectivity index (χ4v) is 7.88. The molecule has 0 aliphatic rings. The van der Waals surface area contributed by atoms with Crippen molar-refractivity contribution in [3.05, 3.63) is 0 Å². The number of carbonyl (C=O) groups excluding carboxylic acids is 6. The van der Waals surface area contributed by atoms with Crippen LogP contribution >= 0.6 is 7.82 Å². The van der Waals surface area contributed by atoms with Crippen molar-refractivity contribution >= 4 is 43.9 Å². The second-order valence-corrected chi connectivity index (χ2v) is 22.2. The Morgan fingerprint density at radius 2 is 0.761 bits per heavy atom. The standard InChI is InChI=1S/C52H97N2O16P/c1-11-13-15-17-19-21-23-25-27-29-31-33-45(55)63-37-43(67-46(56)34-32-30-28-26-24-22-20-18-16-14-12-2)39-65-71(61,62)66-40-44(68-48(58)36-42(4)54-50(60)70-52(8,9)10)38-64-47(57)35-41(3)53-49(59)69-51(5,6)7/h41-44H,11-40H2,1-10H3,(H,53,59)(H,54,60)(H,61,62)/t41-,42-,43+,44?/m0/s1. The highest BCUT2D eigenvalue weighted by Crippen LogP contribution is 2.43. The Morgan fingerprint density at radius 3 is 1.13 bits per heavy atom. The van der Waals surface area contributed by atoms with Gasteiger partial charge in [-0.15, -0.1) is 0 Å². The van der Waals surface area contributed by atoms with Crippen molar-refractivity contribution in [1.29, 1.82) is 0 Å². The molecule has 0 heterocycles. The summed E-state index contributed by atoms with van der Waals surface area (Å²) in [5.41, 5.74) is -1.56. The summed E-state index contributed by atoms with van der Waals surface area (Å²) in [5, 5.41) is 5.04. The molecular weight excluding hydrogens is 940 g/mol. The molecule has 2 amide bonds. The second kappa shape index (κ2) is 40.0. The minimum absolute atomic E-state index is 0.0982. The molecule has 0 fully saturated rings. The van der Waals surface area contributed by atoms with E-state index >= 15 is 0 Å². The number of phosphoric acid groups is 1. The molecular formula is C52H97N2O16P. The quantitative estimate of drug-likeness (QED) is 0.0223. The molecule has 0 spiro atoms. The van der Waals surface area contributed by atoms with E-state index in [1.165, 1.54) is 90.4 Å². The van der Waals surface area contributed by atoms with Crippen molar-refractivity contribution in [3.63, 3.8) is 0 Å². The number of carbonyl (C=O) groups is 6. The molecule has 416 valence electrons. The van der Waals surface area contributed by atoms with Gasteiger partial charge >= 0.3 is 43.9 Å². The SMILES string of the molecule is CCCCCCCCCCCCCC(=O)OC[C@H](COP(=O)(O)OCC(COC(=O)C[C@H](C)NC(=O)OC(C)(C)C)OC(=O)C[C@H](C)NC(=O)OC(C)(C)C)OC(=O)CCCCCCCCCCCCC. The van der Waals surface area contributed by atoms with E-state index in [4.69, 9.17) is 37.5 Å². The first kappa shape index (κ1) is 67.5. The van der Waals surface area contributed by atoms with Crippen molar-refractivity contribution in [2.24, 2.45) is 0 Å². The van der Waals surface area contributed by atoms with Gasteiger partial charge in [0.05, 0.1) is 26.1 Å². The molecule has 2 unspecified atom stereocenters. The fourth-order valence-electron chi connectivity index (χ4n) is 7.09. The van der Waals surface area contributed by atoms with E-state index in [-0.39, 0.29) is 25.7 Å². The predicted molar refractivity (Wildman–Crippen MR) is 272 cm³/mol. The number of hydrogen-bond acceptors (Lipinski definition) is 15. The molecule has 0 aliphatic carbocycles. The van der Waals surface area contributed by atoms with Crippen LogP contribution in [-0.2, 0) is 61.2 Å². The summed E-state index contributed by atoms with van der Waals surface area (Å²) in [6.45, 7) is 15.0. The Kier molecular flexibility index (Phi) is 38.0. The van der Waals surface area contributed by atoms with Crippen LogP contribution in [0.2, 0.25) is 0 Å². The van der Waals surface area contributed by atoms with Crippen LogP contribution in [0.25, 0.3) is 0 Å². The highest BCUT2D eigenvalue weighted by molar-refractivity contribution is 7.47. The normalized spacial score (nSPS) is 14.2. The molecule has 0 radical (unpaired) electrons. The molecule has 0 aromatic heterocycles. The van der Waals surface area contributed by atoms with E-state index in [9.17, 15) is 38.2 Å². The molecule has 0 aromatic carbocycles. The summed E-state index contributed by atoms with van der Waals surface area (Å²) in [5.74, 6) is -2.77. The number of ether oxygens (including phenoxy) is 6. The van der Waals surface area contributed by atoms with Gasteiger partial charge in [0.2, 0.25) is 0 Å². The van der Waals surface area contributed by atoms with Crippen molar-refractivity contribution < 1.29 is 75.7 Å². The molecule has 0 saturated heterocycles. The lowest BCUT2D eigenvalue weighted by atomic mass is 10.1. The number of unbranched alkanes of at least 4 members (excludes halogenated alkanes) is 20. The Balaban J connectivity index is 5.59. The van der Waals surface area contributed by atoms with Crippen molar-refractivity contribution in [1.82, 2.24) is 10.6 Å². The summed E-state index contributed by atoms with van der Waals surface area (Å²) < 4.78 is 55.9. The van der Waals surface area contributed by atoms with Crippen molar-refractivity contribution in [2.75, 3.05) is 26.4 Å². The number of hydrogen-bond donors (Lipinski definition) is 3. The van der Waals surface area contributed by atoms with E-state index in [0.29, 0.717) is 12.8 Å². The number of phosphoric ester groups is 1. The van der Waals surface area contributed by atoms with Crippen LogP contribution in [0.3, 0.4) is 0 Å². The van der Waals surface area contributed by atoms with Crippen LogP contribution in [0.4, 0.5) is 9.59 Å². The van der Waals surface area contributed by atoms with Crippen LogP contribution in [0.15, 0.2) is 0 Å². The summed E-state index contributed by atoms with van der Waals surface area (Å²) in [7, 11) is -4.99. The Morgan fingerprint density at radius 1 is 0.451 bits per heavy atom. The summed E-state index contributed by atoms with van der Waals surface area (Å²) in [6, 6.07) is -1.48. The van der Waals surface area contributed by atoms with Crippen molar-refractivity contribution in [3.8, 4) is 0 Å². The van der Waals surface area contributed by atoms with E-state index in [1.807, 2.05) is 0 Å². The van der Waals surface area contributed by atoms with Crippen LogP contribution in [0, 0.1) is 0 Å². The third kappa shape index (κ3) is 44.9. The first-order valence-electron chi connectivity index (χ1n) is 26.7. The highest BCUT2D eigenvalue weighted by atomic mass is 31.2. The average Bonchev–Trinajstić information content (AvgIpc) is 3.25. The summed E-state index contributed by atoms with van der Waals surface area (Å²) in [6.07, 6.45) is 19.9. The Hall–Kier alpha value is -3.47. The molecule has 0 aromatic rings. The predicted octanol–water partition coefficient (Wildman–Crippen LogP) is 12.0. The second-order valence-electron chi connectivity index (χ2n) is 20.7. The maximum atomic E-state index is 13.2. The zero-order chi connectivity index (χ0) is 53.6. The van der Waals surface area contributed by atoms with Gasteiger partial charge in [-0.25, -0.2) is 14.2 Å². The van der Waals surface area contributed by atoms with Gasteiger partial charge in [-0.2, -0.15) is 0 Å². The molecule has 18 nitrogen and oxygen atoms in total. The molecule has 0 saturated carbocycles. The Labute approximate surface area is 427 Å². The van der Waals surface area contributed by atoms with Crippen LogP contribution in [0.5, 0.6) is 0 Å². The number of alkyl carbamates (subject to hydrolysis) is 2. The lowest BCUT2D eigenvalue weighted by molar-refractivity contribution is -0.162. The lowest BCUT2D eigenvalue weighted by Crippen LogP contribution is -2.40. The van der Waals surface area contributed by atoms with Gasteiger partial charge < -0.3 is 43.9 Å². The molecule has 0 bridgehead atoms. The average molecular weight is 1040 g/mol. The molecule has 3 N–H and O–H groups in total. The minimum atomic E-state index is -4.99. The maximum absolute atomic E-state index is 13.2. The molecule has 71 heavy (non-hydrogen) atoms. The van der Waals surface area contributed by atoms with E-state index in [2.05, 4.69) is 24.5 Å². The summed E-state index contributed by atoms with van der Waals surface area (Å²) >= 11 is 0. The van der Waals surface area contributed by atoms with Crippen LogP contribution in [-0.4, -0.2) is 103 Å². The maximum Gasteiger partial charge on any atom is 0.472 e. The van der Waals surface area contributed by atoms with E-state index in [1.54, 1.807) is 48.5 Å². The summed E-state index contributed by atoms with van der Waals surface area (Å²) in [4.78, 5) is 86.6. The van der Waals surface area contributed by atoms with Crippen LogP contribution in [0.1, 0.15) is 236 Å². The highest BCUT2D eigenvalue weighted by Gasteiger charge is 2.30. The fraction of sp³-hybridized carbons (Fsp3) is 0.885. The van der Waals surface area contributed by atoms with Gasteiger partial charge in [0.1, 0.15) is 24.4 Å². The molecule has 0 aliphatic heterocycles. The van der Waals surface area contributed by atoms with Gasteiger partial charge in [-0.05, 0) is 68.2 Å². The lowest BCUT2D eigenvalue weighted by Gasteiger charge is -2.23. The molecule has 19 heteroatoms. The zero-order valence-corrected chi connectivity index (χ0v) is 46.4. The van der Waals surface area contributed by atoms with Gasteiger partial charge in [0.25, 0.3) is 0 Å². The van der Waals surface area contributed by atoms with Gasteiger partial charge in [-0.1, -0.05) is 142 Å². The first-order chi connectivity index (χ1) is 33.4. The Bertz CT molecular complexity index is 1520. The zero-order valence-electron chi connectivity index (χ0n) is 45.5. The third-order valence-corrected chi connectivity index (χ3v) is 11.7. The van der Waals surface area contributed by atoms with Crippen LogP contribution < -0.4 is 10.6 Å². The minimum Gasteiger partial charge on any atom is -0.462 e. The van der Waals surface area contributed by atoms with Crippen molar-refractivity contribution in [2.45, 2.75) is 272 Å². The van der Waals surface area contributed by atoms with E-state index < -0.39 is 106 Å².